The fourth-order valence-electron chi connectivity index (χ4n) is 2.81. The molecule has 29 heavy (non-hydrogen) atoms. The van der Waals surface area contributed by atoms with Crippen LogP contribution in [0.15, 0.2) is 48.5 Å². The molecule has 0 saturated carbocycles. The van der Waals surface area contributed by atoms with Gasteiger partial charge in [-0.15, -0.1) is 0 Å². The number of carbonyl (C=O) groups is 2. The van der Waals surface area contributed by atoms with Crippen molar-refractivity contribution in [3.63, 3.8) is 0 Å². The summed E-state index contributed by atoms with van der Waals surface area (Å²) in [5.41, 5.74) is 1.91. The summed E-state index contributed by atoms with van der Waals surface area (Å²) < 4.78 is 37.0. The first-order chi connectivity index (χ1) is 13.6. The van der Waals surface area contributed by atoms with Gasteiger partial charge in [-0.25, -0.2) is 0 Å². The number of hydrogen-bond donors (Lipinski definition) is 2. The van der Waals surface area contributed by atoms with Crippen molar-refractivity contribution in [3.8, 4) is 0 Å². The van der Waals surface area contributed by atoms with E-state index in [2.05, 4.69) is 5.32 Å². The van der Waals surface area contributed by atoms with Crippen LogP contribution in [0, 0.1) is 6.92 Å². The highest BCUT2D eigenvalue weighted by atomic mass is 19.4. The van der Waals surface area contributed by atoms with E-state index >= 15 is 0 Å². The van der Waals surface area contributed by atoms with Crippen LogP contribution in [0.2, 0.25) is 0 Å². The largest absolute Gasteiger partial charge is 0.405 e. The van der Waals surface area contributed by atoms with Gasteiger partial charge in [-0.05, 0) is 43.8 Å². The number of halogens is 3. The molecule has 0 fully saturated rings. The molecule has 156 valence electrons. The van der Waals surface area contributed by atoms with Crippen LogP contribution in [0.4, 0.5) is 18.9 Å². The van der Waals surface area contributed by atoms with Gasteiger partial charge in [0, 0.05) is 11.3 Å². The predicted octanol–water partition coefficient (Wildman–Crippen LogP) is 3.92. The van der Waals surface area contributed by atoms with E-state index in [0.717, 1.165) is 5.56 Å². The third-order valence-corrected chi connectivity index (χ3v) is 4.51. The lowest BCUT2D eigenvalue weighted by Crippen LogP contribution is -2.35. The number of aryl methyl sites for hydroxylation is 1. The predicted molar refractivity (Wildman–Crippen MR) is 106 cm³/mol. The first-order valence-electron chi connectivity index (χ1n) is 9.14. The number of anilines is 1. The highest BCUT2D eigenvalue weighted by Gasteiger charge is 2.28. The minimum absolute atomic E-state index is 0.0373. The zero-order valence-electron chi connectivity index (χ0n) is 16.5. The summed E-state index contributed by atoms with van der Waals surface area (Å²) in [6.07, 6.45) is -4.49. The fraction of sp³-hybridized carbons (Fsp3) is 0.333. The Morgan fingerprint density at radius 2 is 1.76 bits per heavy atom. The minimum atomic E-state index is -4.49. The normalized spacial score (nSPS) is 12.5. The van der Waals surface area contributed by atoms with Crippen molar-refractivity contribution in [1.29, 1.82) is 0 Å². The zero-order chi connectivity index (χ0) is 21.6. The molecular weight excluding hydrogens is 383 g/mol. The van der Waals surface area contributed by atoms with Crippen molar-refractivity contribution in [2.45, 2.75) is 26.1 Å². The number of alkyl halides is 3. The van der Waals surface area contributed by atoms with Crippen LogP contribution in [0.25, 0.3) is 0 Å². The number of nitrogens with one attached hydrogen (secondary N) is 2. The Bertz CT molecular complexity index is 854. The van der Waals surface area contributed by atoms with Gasteiger partial charge in [-0.3, -0.25) is 14.5 Å². The minimum Gasteiger partial charge on any atom is -0.343 e. The molecule has 2 amide bonds. The summed E-state index contributed by atoms with van der Waals surface area (Å²) in [4.78, 5) is 26.9. The Kier molecular flexibility index (Phi) is 7.39. The highest BCUT2D eigenvalue weighted by Crippen LogP contribution is 2.24. The molecule has 8 heteroatoms. The van der Waals surface area contributed by atoms with Crippen LogP contribution >= 0.6 is 0 Å². The van der Waals surface area contributed by atoms with E-state index in [4.69, 9.17) is 0 Å². The Morgan fingerprint density at radius 1 is 1.10 bits per heavy atom. The molecule has 0 bridgehead atoms. The molecule has 2 N–H and O–H groups in total. The van der Waals surface area contributed by atoms with E-state index in [0.29, 0.717) is 17.8 Å². The van der Waals surface area contributed by atoms with Gasteiger partial charge in [0.15, 0.2) is 0 Å². The van der Waals surface area contributed by atoms with Gasteiger partial charge >= 0.3 is 6.18 Å². The summed E-state index contributed by atoms with van der Waals surface area (Å²) in [7, 11) is 1.82. The molecule has 0 aliphatic rings. The van der Waals surface area contributed by atoms with Crippen LogP contribution in [0.3, 0.4) is 0 Å². The monoisotopic (exact) mass is 407 g/mol. The Labute approximate surface area is 167 Å². The molecule has 2 aromatic carbocycles. The number of hydrogen-bond acceptors (Lipinski definition) is 3. The standard InChI is InChI=1S/C21H24F3N3O2/c1-4-27(3)18(15-8-6-5-7-9-15)20(29)26-17-12-16(11-10-14(17)2)19(28)25-13-21(22,23)24/h5-12,18H,4,13H2,1-3H3,(H,25,28)(H,26,29). The van der Waals surface area contributed by atoms with E-state index in [9.17, 15) is 22.8 Å². The number of nitrogens with zero attached hydrogens (tertiary/aromatic N) is 1. The summed E-state index contributed by atoms with van der Waals surface area (Å²) in [5, 5.41) is 4.64. The maximum atomic E-state index is 13.0. The summed E-state index contributed by atoms with van der Waals surface area (Å²) >= 11 is 0. The van der Waals surface area contributed by atoms with Crippen LogP contribution in [-0.4, -0.2) is 43.0 Å². The van der Waals surface area contributed by atoms with Crippen LogP contribution < -0.4 is 10.6 Å². The molecule has 1 atom stereocenters. The van der Waals surface area contributed by atoms with Crippen LogP contribution in [0.1, 0.15) is 34.5 Å². The second kappa shape index (κ2) is 9.56. The van der Waals surface area contributed by atoms with Crippen LogP contribution in [0.5, 0.6) is 0 Å². The maximum Gasteiger partial charge on any atom is 0.405 e. The number of carbonyl (C=O) groups excluding carboxylic acids is 2. The van der Waals surface area contributed by atoms with Crippen molar-refractivity contribution in [2.75, 3.05) is 25.5 Å². The third kappa shape index (κ3) is 6.32. The van der Waals surface area contributed by atoms with E-state index in [-0.39, 0.29) is 11.5 Å². The molecule has 0 aliphatic carbocycles. The van der Waals surface area contributed by atoms with Crippen molar-refractivity contribution in [2.24, 2.45) is 0 Å². The number of benzene rings is 2. The smallest absolute Gasteiger partial charge is 0.343 e. The van der Waals surface area contributed by atoms with E-state index in [1.165, 1.54) is 12.1 Å². The maximum absolute atomic E-state index is 13.0. The van der Waals surface area contributed by atoms with Crippen LogP contribution in [-0.2, 0) is 4.79 Å². The molecule has 0 aliphatic heterocycles. The van der Waals surface area contributed by atoms with E-state index in [1.807, 2.05) is 54.5 Å². The average Bonchev–Trinajstić information content (AvgIpc) is 2.68. The first kappa shape index (κ1) is 22.4. The van der Waals surface area contributed by atoms with Crippen molar-refractivity contribution in [1.82, 2.24) is 10.2 Å². The third-order valence-electron chi connectivity index (χ3n) is 4.51. The Balaban J connectivity index is 2.23. The van der Waals surface area contributed by atoms with Gasteiger partial charge in [-0.2, -0.15) is 13.2 Å². The van der Waals surface area contributed by atoms with Gasteiger partial charge in [0.25, 0.3) is 5.91 Å². The van der Waals surface area contributed by atoms with Gasteiger partial charge in [0.1, 0.15) is 12.6 Å². The zero-order valence-corrected chi connectivity index (χ0v) is 16.5. The lowest BCUT2D eigenvalue weighted by molar-refractivity contribution is -0.123. The first-order valence-corrected chi connectivity index (χ1v) is 9.14. The topological polar surface area (TPSA) is 61.4 Å². The highest BCUT2D eigenvalue weighted by molar-refractivity contribution is 5.99. The second-order valence-corrected chi connectivity index (χ2v) is 6.70. The molecule has 2 rings (SSSR count). The number of rotatable bonds is 7. The molecule has 0 radical (unpaired) electrons. The molecule has 5 nitrogen and oxygen atoms in total. The summed E-state index contributed by atoms with van der Waals surface area (Å²) in [6, 6.07) is 13.1. The Hall–Kier alpha value is -2.87. The second-order valence-electron chi connectivity index (χ2n) is 6.70. The molecule has 2 aromatic rings. The molecule has 1 unspecified atom stereocenters. The molecule has 0 aromatic heterocycles. The SMILES string of the molecule is CCN(C)C(C(=O)Nc1cc(C(=O)NCC(F)(F)F)ccc1C)c1ccccc1. The van der Waals surface area contributed by atoms with Gasteiger partial charge in [0.2, 0.25) is 5.91 Å². The van der Waals surface area contributed by atoms with Gasteiger partial charge in [0.05, 0.1) is 0 Å². The quantitative estimate of drug-likeness (QED) is 0.731. The van der Waals surface area contributed by atoms with Crippen molar-refractivity contribution >= 4 is 17.5 Å². The van der Waals surface area contributed by atoms with E-state index in [1.54, 1.807) is 13.0 Å². The molecule has 0 spiro atoms. The molecular formula is C21H24F3N3O2. The number of amides is 2. The summed E-state index contributed by atoms with van der Waals surface area (Å²) in [5.74, 6) is -1.15. The lowest BCUT2D eigenvalue weighted by atomic mass is 10.0. The fourth-order valence-corrected chi connectivity index (χ4v) is 2.81. The summed E-state index contributed by atoms with van der Waals surface area (Å²) in [6.45, 7) is 2.89. The average molecular weight is 407 g/mol. The van der Waals surface area contributed by atoms with E-state index < -0.39 is 24.7 Å². The lowest BCUT2D eigenvalue weighted by Gasteiger charge is -2.26. The molecule has 0 saturated heterocycles. The number of likely N-dealkylation sites (N-methyl/N-ethyl adjacent to an activating group) is 1. The van der Waals surface area contributed by atoms with Gasteiger partial charge in [-0.1, -0.05) is 43.3 Å². The Morgan fingerprint density at radius 3 is 2.34 bits per heavy atom. The van der Waals surface area contributed by atoms with Gasteiger partial charge < -0.3 is 10.6 Å². The van der Waals surface area contributed by atoms with Crippen molar-refractivity contribution in [3.05, 3.63) is 65.2 Å². The molecule has 0 heterocycles. The van der Waals surface area contributed by atoms with Crippen molar-refractivity contribution < 1.29 is 22.8 Å².